The molecule has 26 heavy (non-hydrogen) atoms. The van der Waals surface area contributed by atoms with E-state index in [0.717, 1.165) is 49.2 Å². The smallest absolute Gasteiger partial charge is 0.416 e. The molecular formula is C20H20F3NO2. The number of nitrogens with zero attached hydrogens (tertiary/aromatic N) is 1. The van der Waals surface area contributed by atoms with Gasteiger partial charge in [0.15, 0.2) is 0 Å². The van der Waals surface area contributed by atoms with Gasteiger partial charge >= 0.3 is 12.1 Å². The zero-order valence-corrected chi connectivity index (χ0v) is 14.2. The fourth-order valence-electron chi connectivity index (χ4n) is 3.51. The lowest BCUT2D eigenvalue weighted by Gasteiger charge is -2.32. The molecule has 0 radical (unpaired) electrons. The highest BCUT2D eigenvalue weighted by atomic mass is 19.4. The van der Waals surface area contributed by atoms with Crippen molar-refractivity contribution >= 4 is 5.97 Å². The Bertz CT molecular complexity index is 763. The Hall–Kier alpha value is -2.34. The standard InChI is InChI=1S/C20H20F3NO2/c21-20(22,23)16-7-5-14(6-8-16)13-24-11-9-15(10-12-24)17-3-1-2-4-18(17)19(25)26/h1-8,15H,9-13H2,(H,25,26). The number of benzene rings is 2. The third-order valence-electron chi connectivity index (χ3n) is 4.91. The summed E-state index contributed by atoms with van der Waals surface area (Å²) in [5.41, 5.74) is 1.44. The minimum absolute atomic E-state index is 0.200. The van der Waals surface area contributed by atoms with E-state index >= 15 is 0 Å². The molecule has 1 fully saturated rings. The summed E-state index contributed by atoms with van der Waals surface area (Å²) in [7, 11) is 0. The Morgan fingerprint density at radius 3 is 2.23 bits per heavy atom. The molecule has 3 nitrogen and oxygen atoms in total. The van der Waals surface area contributed by atoms with Gasteiger partial charge in [-0.05, 0) is 61.2 Å². The molecule has 1 aliphatic heterocycles. The summed E-state index contributed by atoms with van der Waals surface area (Å²) in [6, 6.07) is 12.4. The first kappa shape index (κ1) is 18.5. The van der Waals surface area contributed by atoms with Crippen LogP contribution in [0.15, 0.2) is 48.5 Å². The lowest BCUT2D eigenvalue weighted by molar-refractivity contribution is -0.137. The van der Waals surface area contributed by atoms with E-state index in [2.05, 4.69) is 4.90 Å². The average molecular weight is 363 g/mol. The second kappa shape index (κ2) is 7.50. The van der Waals surface area contributed by atoms with Crippen molar-refractivity contribution < 1.29 is 23.1 Å². The fraction of sp³-hybridized carbons (Fsp3) is 0.350. The highest BCUT2D eigenvalue weighted by molar-refractivity contribution is 5.89. The molecule has 0 aliphatic carbocycles. The van der Waals surface area contributed by atoms with E-state index in [1.165, 1.54) is 12.1 Å². The van der Waals surface area contributed by atoms with Gasteiger partial charge in [-0.1, -0.05) is 30.3 Å². The van der Waals surface area contributed by atoms with Crippen LogP contribution >= 0.6 is 0 Å². The van der Waals surface area contributed by atoms with Crippen molar-refractivity contribution in [3.8, 4) is 0 Å². The van der Waals surface area contributed by atoms with E-state index in [0.29, 0.717) is 12.1 Å². The van der Waals surface area contributed by atoms with Crippen LogP contribution in [-0.2, 0) is 12.7 Å². The predicted molar refractivity (Wildman–Crippen MR) is 92.1 cm³/mol. The van der Waals surface area contributed by atoms with Crippen LogP contribution < -0.4 is 0 Å². The van der Waals surface area contributed by atoms with Gasteiger partial charge in [-0.25, -0.2) is 4.79 Å². The first-order chi connectivity index (χ1) is 12.3. The van der Waals surface area contributed by atoms with E-state index in [-0.39, 0.29) is 5.92 Å². The van der Waals surface area contributed by atoms with Gasteiger partial charge < -0.3 is 5.11 Å². The Morgan fingerprint density at radius 2 is 1.65 bits per heavy atom. The molecule has 1 N–H and O–H groups in total. The molecule has 0 unspecified atom stereocenters. The zero-order valence-electron chi connectivity index (χ0n) is 14.2. The van der Waals surface area contributed by atoms with Gasteiger partial charge in [0.2, 0.25) is 0 Å². The maximum Gasteiger partial charge on any atom is 0.416 e. The van der Waals surface area contributed by atoms with Crippen molar-refractivity contribution in [2.75, 3.05) is 13.1 Å². The van der Waals surface area contributed by atoms with Crippen LogP contribution in [0.1, 0.15) is 45.8 Å². The Labute approximate surface area is 150 Å². The van der Waals surface area contributed by atoms with Crippen LogP contribution in [-0.4, -0.2) is 29.1 Å². The average Bonchev–Trinajstić information content (AvgIpc) is 2.62. The largest absolute Gasteiger partial charge is 0.478 e. The first-order valence-electron chi connectivity index (χ1n) is 8.55. The molecule has 0 saturated carbocycles. The van der Waals surface area contributed by atoms with Crippen molar-refractivity contribution in [2.24, 2.45) is 0 Å². The molecule has 2 aromatic rings. The monoisotopic (exact) mass is 363 g/mol. The highest BCUT2D eigenvalue weighted by Crippen LogP contribution is 2.32. The molecule has 0 bridgehead atoms. The van der Waals surface area contributed by atoms with Crippen LogP contribution in [0.5, 0.6) is 0 Å². The molecular weight excluding hydrogens is 343 g/mol. The Kier molecular flexibility index (Phi) is 5.32. The van der Waals surface area contributed by atoms with Gasteiger partial charge in [0.1, 0.15) is 0 Å². The number of halogens is 3. The number of carboxylic acid groups (broad SMARTS) is 1. The van der Waals surface area contributed by atoms with Crippen LogP contribution in [0.2, 0.25) is 0 Å². The predicted octanol–water partition coefficient (Wildman–Crippen LogP) is 4.78. The van der Waals surface area contributed by atoms with Crippen molar-refractivity contribution in [2.45, 2.75) is 31.5 Å². The fourth-order valence-corrected chi connectivity index (χ4v) is 3.51. The molecule has 3 rings (SSSR count). The summed E-state index contributed by atoms with van der Waals surface area (Å²) in [4.78, 5) is 13.6. The van der Waals surface area contributed by atoms with Gasteiger partial charge in [-0.2, -0.15) is 13.2 Å². The third kappa shape index (κ3) is 4.25. The number of carbonyl (C=O) groups is 1. The van der Waals surface area contributed by atoms with Crippen LogP contribution in [0.3, 0.4) is 0 Å². The van der Waals surface area contributed by atoms with Gasteiger partial charge in [0.25, 0.3) is 0 Å². The summed E-state index contributed by atoms with van der Waals surface area (Å²) < 4.78 is 37.9. The van der Waals surface area contributed by atoms with E-state index in [4.69, 9.17) is 0 Å². The van der Waals surface area contributed by atoms with Crippen LogP contribution in [0, 0.1) is 0 Å². The Morgan fingerprint density at radius 1 is 1.04 bits per heavy atom. The third-order valence-corrected chi connectivity index (χ3v) is 4.91. The molecule has 6 heteroatoms. The van der Waals surface area contributed by atoms with Crippen molar-refractivity contribution in [3.63, 3.8) is 0 Å². The molecule has 0 atom stereocenters. The van der Waals surface area contributed by atoms with Gasteiger partial charge in [-0.15, -0.1) is 0 Å². The molecule has 2 aromatic carbocycles. The van der Waals surface area contributed by atoms with Crippen LogP contribution in [0.25, 0.3) is 0 Å². The summed E-state index contributed by atoms with van der Waals surface area (Å²) in [5, 5.41) is 9.33. The van der Waals surface area contributed by atoms with Gasteiger partial charge in [-0.3, -0.25) is 4.90 Å². The van der Waals surface area contributed by atoms with E-state index in [9.17, 15) is 23.1 Å². The SMILES string of the molecule is O=C(O)c1ccccc1C1CCN(Cc2ccc(C(F)(F)F)cc2)CC1. The second-order valence-corrected chi connectivity index (χ2v) is 6.64. The molecule has 0 amide bonds. The normalized spacial score (nSPS) is 16.6. The number of aromatic carboxylic acids is 1. The first-order valence-corrected chi connectivity index (χ1v) is 8.55. The lowest BCUT2D eigenvalue weighted by atomic mass is 9.86. The maximum absolute atomic E-state index is 12.6. The number of likely N-dealkylation sites (tertiary alicyclic amines) is 1. The lowest BCUT2D eigenvalue weighted by Crippen LogP contribution is -2.32. The van der Waals surface area contributed by atoms with Crippen molar-refractivity contribution in [3.05, 3.63) is 70.8 Å². The van der Waals surface area contributed by atoms with Crippen LogP contribution in [0.4, 0.5) is 13.2 Å². The molecule has 0 aromatic heterocycles. The van der Waals surface area contributed by atoms with E-state index in [1.54, 1.807) is 12.1 Å². The summed E-state index contributed by atoms with van der Waals surface area (Å²) >= 11 is 0. The minimum atomic E-state index is -4.31. The van der Waals surface area contributed by atoms with Crippen molar-refractivity contribution in [1.29, 1.82) is 0 Å². The van der Waals surface area contributed by atoms with E-state index < -0.39 is 17.7 Å². The summed E-state index contributed by atoms with van der Waals surface area (Å²) in [6.07, 6.45) is -2.63. The zero-order chi connectivity index (χ0) is 18.7. The number of rotatable bonds is 4. The van der Waals surface area contributed by atoms with Gasteiger partial charge in [0.05, 0.1) is 11.1 Å². The number of piperidine rings is 1. The van der Waals surface area contributed by atoms with E-state index in [1.807, 2.05) is 12.1 Å². The highest BCUT2D eigenvalue weighted by Gasteiger charge is 2.30. The quantitative estimate of drug-likeness (QED) is 0.850. The minimum Gasteiger partial charge on any atom is -0.478 e. The van der Waals surface area contributed by atoms with Crippen molar-refractivity contribution in [1.82, 2.24) is 4.90 Å². The number of hydrogen-bond acceptors (Lipinski definition) is 2. The molecule has 1 aliphatic rings. The molecule has 1 saturated heterocycles. The second-order valence-electron chi connectivity index (χ2n) is 6.64. The maximum atomic E-state index is 12.6. The number of carboxylic acids is 1. The number of hydrogen-bond donors (Lipinski definition) is 1. The number of alkyl halides is 3. The molecule has 1 heterocycles. The van der Waals surface area contributed by atoms with Gasteiger partial charge in [0, 0.05) is 6.54 Å². The molecule has 0 spiro atoms. The Balaban J connectivity index is 1.60. The molecule has 138 valence electrons. The summed E-state index contributed by atoms with van der Waals surface area (Å²) in [6.45, 7) is 2.19. The topological polar surface area (TPSA) is 40.5 Å². The summed E-state index contributed by atoms with van der Waals surface area (Å²) in [5.74, 6) is -0.709.